The predicted octanol–water partition coefficient (Wildman–Crippen LogP) is 1.64. The van der Waals surface area contributed by atoms with Crippen LogP contribution in [-0.4, -0.2) is 24.2 Å². The zero-order valence-electron chi connectivity index (χ0n) is 9.54. The summed E-state index contributed by atoms with van der Waals surface area (Å²) < 4.78 is 39.0. The second-order valence-corrected chi connectivity index (χ2v) is 3.68. The molecule has 0 bridgehead atoms. The lowest BCUT2D eigenvalue weighted by Crippen LogP contribution is -2.33. The number of carbonyl (C=O) groups is 1. The Kier molecular flexibility index (Phi) is 5.11. The van der Waals surface area contributed by atoms with E-state index >= 15 is 0 Å². The molecule has 0 aliphatic heterocycles. The fourth-order valence-electron chi connectivity index (χ4n) is 1.52. The molecule has 18 heavy (non-hydrogen) atoms. The van der Waals surface area contributed by atoms with Crippen molar-refractivity contribution >= 4 is 5.97 Å². The van der Waals surface area contributed by atoms with Crippen LogP contribution in [0.15, 0.2) is 12.1 Å². The average molecular weight is 263 g/mol. The predicted molar refractivity (Wildman–Crippen MR) is 56.2 cm³/mol. The quantitative estimate of drug-likeness (QED) is 0.605. The van der Waals surface area contributed by atoms with Crippen molar-refractivity contribution in [3.63, 3.8) is 0 Å². The highest BCUT2D eigenvalue weighted by Crippen LogP contribution is 2.16. The van der Waals surface area contributed by atoms with Crippen LogP contribution < -0.4 is 5.48 Å². The highest BCUT2D eigenvalue weighted by molar-refractivity contribution is 5.67. The first-order valence-corrected chi connectivity index (χ1v) is 5.07. The molecule has 1 aromatic rings. The number of rotatable bonds is 6. The second-order valence-electron chi connectivity index (χ2n) is 3.68. The number of benzene rings is 1. The van der Waals surface area contributed by atoms with Gasteiger partial charge in [-0.05, 0) is 18.1 Å². The summed E-state index contributed by atoms with van der Waals surface area (Å²) >= 11 is 0. The van der Waals surface area contributed by atoms with Gasteiger partial charge in [0.2, 0.25) is 0 Å². The third-order valence-corrected chi connectivity index (χ3v) is 2.26. The van der Waals surface area contributed by atoms with Crippen molar-refractivity contribution in [2.75, 3.05) is 7.11 Å². The van der Waals surface area contributed by atoms with E-state index in [1.54, 1.807) is 0 Å². The maximum atomic E-state index is 13.3. The molecule has 4 nitrogen and oxygen atoms in total. The van der Waals surface area contributed by atoms with Crippen LogP contribution in [-0.2, 0) is 16.1 Å². The van der Waals surface area contributed by atoms with E-state index < -0.39 is 29.5 Å². The summed E-state index contributed by atoms with van der Waals surface area (Å²) in [4.78, 5) is 15.1. The number of hydrogen-bond donors (Lipinski definition) is 2. The van der Waals surface area contributed by atoms with Crippen molar-refractivity contribution in [2.45, 2.75) is 18.9 Å². The molecule has 0 amide bonds. The van der Waals surface area contributed by atoms with Gasteiger partial charge in [-0.1, -0.05) is 0 Å². The lowest BCUT2D eigenvalue weighted by Gasteiger charge is -2.15. The summed E-state index contributed by atoms with van der Waals surface area (Å²) in [5.74, 6) is -4.52. The first-order chi connectivity index (χ1) is 8.43. The lowest BCUT2D eigenvalue weighted by molar-refractivity contribution is -0.138. The molecule has 0 saturated heterocycles. The molecule has 0 aliphatic rings. The van der Waals surface area contributed by atoms with Crippen LogP contribution in [0.2, 0.25) is 0 Å². The van der Waals surface area contributed by atoms with Crippen LogP contribution >= 0.6 is 0 Å². The van der Waals surface area contributed by atoms with Gasteiger partial charge in [-0.15, -0.1) is 0 Å². The van der Waals surface area contributed by atoms with Crippen LogP contribution in [0.25, 0.3) is 0 Å². The third-order valence-electron chi connectivity index (χ3n) is 2.26. The van der Waals surface area contributed by atoms with Gasteiger partial charge in [0.1, 0.15) is 5.82 Å². The Morgan fingerprint density at radius 1 is 1.33 bits per heavy atom. The van der Waals surface area contributed by atoms with Crippen LogP contribution in [0.4, 0.5) is 13.2 Å². The Labute approximate surface area is 101 Å². The topological polar surface area (TPSA) is 58.6 Å². The van der Waals surface area contributed by atoms with Crippen molar-refractivity contribution in [1.29, 1.82) is 0 Å². The van der Waals surface area contributed by atoms with Crippen molar-refractivity contribution in [3.8, 4) is 0 Å². The average Bonchev–Trinajstić information content (AvgIpc) is 2.25. The normalized spacial score (nSPS) is 12.4. The summed E-state index contributed by atoms with van der Waals surface area (Å²) in [6.07, 6.45) is -0.477. The molecular weight excluding hydrogens is 251 g/mol. The molecule has 0 saturated carbocycles. The van der Waals surface area contributed by atoms with E-state index in [1.165, 1.54) is 7.11 Å². The molecule has 1 rings (SSSR count). The SMILES string of the molecule is CONC(CC(=O)O)Cc1cc(F)c(F)cc1F. The highest BCUT2D eigenvalue weighted by Gasteiger charge is 2.17. The largest absolute Gasteiger partial charge is 0.481 e. The van der Waals surface area contributed by atoms with Crippen LogP contribution in [0.1, 0.15) is 12.0 Å². The summed E-state index contributed by atoms with van der Waals surface area (Å²) in [6, 6.07) is 0.387. The maximum Gasteiger partial charge on any atom is 0.305 e. The smallest absolute Gasteiger partial charge is 0.305 e. The second kappa shape index (κ2) is 6.36. The van der Waals surface area contributed by atoms with E-state index in [2.05, 4.69) is 10.3 Å². The zero-order valence-corrected chi connectivity index (χ0v) is 9.54. The van der Waals surface area contributed by atoms with E-state index in [0.29, 0.717) is 12.1 Å². The summed E-state index contributed by atoms with van der Waals surface area (Å²) in [7, 11) is 1.27. The maximum absolute atomic E-state index is 13.3. The van der Waals surface area contributed by atoms with E-state index in [4.69, 9.17) is 5.11 Å². The van der Waals surface area contributed by atoms with Crippen molar-refractivity contribution in [1.82, 2.24) is 5.48 Å². The monoisotopic (exact) mass is 263 g/mol. The first-order valence-electron chi connectivity index (χ1n) is 5.07. The van der Waals surface area contributed by atoms with Gasteiger partial charge in [0.05, 0.1) is 13.5 Å². The molecule has 7 heteroatoms. The minimum Gasteiger partial charge on any atom is -0.481 e. The van der Waals surface area contributed by atoms with Crippen molar-refractivity contribution < 1.29 is 27.9 Å². The molecule has 0 heterocycles. The molecule has 0 spiro atoms. The summed E-state index contributed by atoms with van der Waals surface area (Å²) in [5, 5.41) is 8.63. The fraction of sp³-hybridized carbons (Fsp3) is 0.364. The van der Waals surface area contributed by atoms with Gasteiger partial charge in [-0.25, -0.2) is 13.2 Å². The van der Waals surface area contributed by atoms with Gasteiger partial charge in [-0.3, -0.25) is 4.79 Å². The standard InChI is InChI=1S/C11H12F3NO3/c1-18-15-7(4-11(16)17)2-6-3-9(13)10(14)5-8(6)12/h3,5,7,15H,2,4H2,1H3,(H,16,17). The first kappa shape index (κ1) is 14.5. The highest BCUT2D eigenvalue weighted by atomic mass is 19.2. The molecule has 1 aromatic carbocycles. The molecule has 2 N–H and O–H groups in total. The lowest BCUT2D eigenvalue weighted by atomic mass is 10.0. The minimum absolute atomic E-state index is 0.121. The van der Waals surface area contributed by atoms with Gasteiger partial charge in [0.25, 0.3) is 0 Å². The molecule has 0 aromatic heterocycles. The number of nitrogens with one attached hydrogen (secondary N) is 1. The number of carboxylic acid groups (broad SMARTS) is 1. The molecule has 0 fully saturated rings. The van der Waals surface area contributed by atoms with Gasteiger partial charge in [-0.2, -0.15) is 5.48 Å². The van der Waals surface area contributed by atoms with Crippen LogP contribution in [0.5, 0.6) is 0 Å². The Morgan fingerprint density at radius 2 is 1.94 bits per heavy atom. The third kappa shape index (κ3) is 4.01. The van der Waals surface area contributed by atoms with Crippen LogP contribution in [0.3, 0.4) is 0 Å². The minimum atomic E-state index is -1.29. The van der Waals surface area contributed by atoms with Gasteiger partial charge >= 0.3 is 5.97 Å². The number of hydrogen-bond acceptors (Lipinski definition) is 3. The molecule has 0 radical (unpaired) electrons. The van der Waals surface area contributed by atoms with E-state index in [9.17, 15) is 18.0 Å². The molecule has 1 atom stereocenters. The summed E-state index contributed by atoms with van der Waals surface area (Å²) in [6.45, 7) is 0. The van der Waals surface area contributed by atoms with Gasteiger partial charge in [0, 0.05) is 12.1 Å². The van der Waals surface area contributed by atoms with Gasteiger partial charge in [0.15, 0.2) is 11.6 Å². The molecule has 1 unspecified atom stereocenters. The number of hydroxylamine groups is 1. The number of carboxylic acids is 1. The fourth-order valence-corrected chi connectivity index (χ4v) is 1.52. The molecule has 0 aliphatic carbocycles. The Morgan fingerprint density at radius 3 is 2.50 bits per heavy atom. The van der Waals surface area contributed by atoms with E-state index in [0.717, 1.165) is 0 Å². The van der Waals surface area contributed by atoms with Crippen molar-refractivity contribution in [2.24, 2.45) is 0 Å². The zero-order chi connectivity index (χ0) is 13.7. The van der Waals surface area contributed by atoms with Gasteiger partial charge < -0.3 is 9.94 Å². The number of halogens is 3. The summed E-state index contributed by atoms with van der Waals surface area (Å²) in [5.41, 5.74) is 2.24. The Balaban J connectivity index is 2.86. The van der Waals surface area contributed by atoms with Crippen LogP contribution in [0, 0.1) is 17.5 Å². The van der Waals surface area contributed by atoms with Crippen molar-refractivity contribution in [3.05, 3.63) is 35.1 Å². The molecule has 100 valence electrons. The van der Waals surface area contributed by atoms with E-state index in [-0.39, 0.29) is 18.4 Å². The Hall–Kier alpha value is -1.60. The Bertz CT molecular complexity index is 440. The number of aliphatic carboxylic acids is 1. The van der Waals surface area contributed by atoms with E-state index in [1.807, 2.05) is 0 Å². The molecular formula is C11H12F3NO3.